The van der Waals surface area contributed by atoms with Crippen LogP contribution in [0.15, 0.2) is 30.3 Å². The van der Waals surface area contributed by atoms with Crippen molar-refractivity contribution >= 4 is 12.0 Å². The zero-order valence-electron chi connectivity index (χ0n) is 17.0. The maximum absolute atomic E-state index is 13.5. The largest absolute Gasteiger partial charge is 0.445 e. The normalized spacial score (nSPS) is 24.4. The van der Waals surface area contributed by atoms with Gasteiger partial charge >= 0.3 is 6.09 Å². The van der Waals surface area contributed by atoms with E-state index in [0.717, 1.165) is 44.3 Å². The number of ether oxygens (including phenoxy) is 1. The molecule has 6 nitrogen and oxygen atoms in total. The fraction of sp³-hybridized carbons (Fsp3) is 0.636. The molecule has 0 spiro atoms. The number of carbonyl (C=O) groups excluding carboxylic acids is 2. The fourth-order valence-electron chi connectivity index (χ4n) is 4.47. The molecule has 0 unspecified atom stereocenters. The Bertz CT molecular complexity index is 636. The number of carbonyl (C=O) groups is 2. The molecule has 0 bridgehead atoms. The summed E-state index contributed by atoms with van der Waals surface area (Å²) in [6.45, 7) is 5.90. The Morgan fingerprint density at radius 3 is 2.39 bits per heavy atom. The number of piperazine rings is 1. The molecular formula is C22H33N3O3. The van der Waals surface area contributed by atoms with E-state index in [4.69, 9.17) is 4.74 Å². The molecule has 154 valence electrons. The van der Waals surface area contributed by atoms with Crippen molar-refractivity contribution in [3.63, 3.8) is 0 Å². The highest BCUT2D eigenvalue weighted by Gasteiger charge is 2.38. The van der Waals surface area contributed by atoms with Gasteiger partial charge in [0, 0.05) is 25.2 Å². The third-order valence-electron chi connectivity index (χ3n) is 5.96. The van der Waals surface area contributed by atoms with Crippen molar-refractivity contribution in [1.82, 2.24) is 15.5 Å². The van der Waals surface area contributed by atoms with Crippen LogP contribution in [0.3, 0.4) is 0 Å². The first-order chi connectivity index (χ1) is 13.6. The van der Waals surface area contributed by atoms with Gasteiger partial charge in [-0.15, -0.1) is 0 Å². The summed E-state index contributed by atoms with van der Waals surface area (Å²) >= 11 is 0. The number of hydrogen-bond acceptors (Lipinski definition) is 4. The number of hydrogen-bond donors (Lipinski definition) is 2. The Labute approximate surface area is 168 Å². The first kappa shape index (κ1) is 20.6. The van der Waals surface area contributed by atoms with E-state index in [-0.39, 0.29) is 30.5 Å². The molecule has 1 aromatic carbocycles. The molecule has 1 aliphatic carbocycles. The van der Waals surface area contributed by atoms with Crippen molar-refractivity contribution in [3.05, 3.63) is 35.9 Å². The van der Waals surface area contributed by atoms with Gasteiger partial charge in [-0.1, -0.05) is 49.6 Å². The maximum Gasteiger partial charge on any atom is 0.408 e. The van der Waals surface area contributed by atoms with Gasteiger partial charge in [0.1, 0.15) is 12.6 Å². The van der Waals surface area contributed by atoms with Gasteiger partial charge in [0.2, 0.25) is 5.91 Å². The van der Waals surface area contributed by atoms with Gasteiger partial charge in [0.05, 0.1) is 0 Å². The van der Waals surface area contributed by atoms with Crippen LogP contribution < -0.4 is 10.6 Å². The van der Waals surface area contributed by atoms with E-state index < -0.39 is 12.1 Å². The zero-order valence-corrected chi connectivity index (χ0v) is 17.0. The van der Waals surface area contributed by atoms with Crippen LogP contribution in [0.4, 0.5) is 4.79 Å². The third kappa shape index (κ3) is 5.25. The van der Waals surface area contributed by atoms with Crippen molar-refractivity contribution < 1.29 is 14.3 Å². The molecule has 2 fully saturated rings. The zero-order chi connectivity index (χ0) is 19.9. The molecular weight excluding hydrogens is 354 g/mol. The molecule has 6 heteroatoms. The molecule has 1 aliphatic heterocycles. The average Bonchev–Trinajstić information content (AvgIpc) is 2.71. The maximum atomic E-state index is 13.5. The van der Waals surface area contributed by atoms with Crippen molar-refractivity contribution in [1.29, 1.82) is 0 Å². The summed E-state index contributed by atoms with van der Waals surface area (Å²) in [6.07, 6.45) is 4.87. The molecule has 0 aromatic heterocycles. The molecule has 1 saturated carbocycles. The standard InChI is InChI=1S/C22H33N3O3/c1-16-13-23-14-17(2)25(16)21(26)20(19-11-7-4-8-12-19)24-22(27)28-15-18-9-5-3-6-10-18/h3,5-6,9-10,16-17,19-20,23H,4,7-8,11-15H2,1-2H3,(H,24,27)/t16-,17-,20-/m1/s1. The minimum atomic E-state index is -0.511. The Balaban J connectivity index is 1.67. The number of amides is 2. The Hall–Kier alpha value is -2.08. The van der Waals surface area contributed by atoms with Crippen LogP contribution in [0.2, 0.25) is 0 Å². The van der Waals surface area contributed by atoms with Gasteiger partial charge in [-0.2, -0.15) is 0 Å². The Kier molecular flexibility index (Phi) is 7.31. The van der Waals surface area contributed by atoms with Crippen molar-refractivity contribution in [3.8, 4) is 0 Å². The highest BCUT2D eigenvalue weighted by molar-refractivity contribution is 5.86. The second-order valence-electron chi connectivity index (χ2n) is 8.18. The SMILES string of the molecule is C[C@@H]1CNC[C@@H](C)N1C(=O)[C@H](NC(=O)OCc1ccccc1)C1CCCCC1. The molecule has 1 aromatic rings. The minimum Gasteiger partial charge on any atom is -0.445 e. The van der Waals surface area contributed by atoms with Crippen LogP contribution >= 0.6 is 0 Å². The summed E-state index contributed by atoms with van der Waals surface area (Å²) in [5, 5.41) is 6.28. The smallest absolute Gasteiger partial charge is 0.408 e. The van der Waals surface area contributed by atoms with Gasteiger partial charge in [-0.05, 0) is 38.2 Å². The molecule has 0 radical (unpaired) electrons. The van der Waals surface area contributed by atoms with E-state index in [1.54, 1.807) is 0 Å². The van der Waals surface area contributed by atoms with Gasteiger partial charge in [-0.25, -0.2) is 4.79 Å². The predicted molar refractivity (Wildman–Crippen MR) is 109 cm³/mol. The molecule has 28 heavy (non-hydrogen) atoms. The van der Waals surface area contributed by atoms with Crippen LogP contribution in [0.1, 0.15) is 51.5 Å². The van der Waals surface area contributed by atoms with Gasteiger partial charge in [0.15, 0.2) is 0 Å². The molecule has 3 atom stereocenters. The third-order valence-corrected chi connectivity index (χ3v) is 5.96. The quantitative estimate of drug-likeness (QED) is 0.815. The van der Waals surface area contributed by atoms with Crippen LogP contribution in [0.25, 0.3) is 0 Å². The summed E-state index contributed by atoms with van der Waals surface area (Å²) < 4.78 is 5.41. The lowest BCUT2D eigenvalue weighted by Crippen LogP contribution is -2.62. The highest BCUT2D eigenvalue weighted by Crippen LogP contribution is 2.28. The predicted octanol–water partition coefficient (Wildman–Crippen LogP) is 3.07. The molecule has 2 amide bonds. The fourth-order valence-corrected chi connectivity index (χ4v) is 4.47. The van der Waals surface area contributed by atoms with E-state index in [9.17, 15) is 9.59 Å². The van der Waals surface area contributed by atoms with E-state index in [1.807, 2.05) is 35.2 Å². The van der Waals surface area contributed by atoms with Gasteiger partial charge in [0.25, 0.3) is 0 Å². The molecule has 2 aliphatic rings. The monoisotopic (exact) mass is 387 g/mol. The van der Waals surface area contributed by atoms with Crippen LogP contribution in [0, 0.1) is 5.92 Å². The molecule has 1 saturated heterocycles. The summed E-state index contributed by atoms with van der Waals surface area (Å²) in [4.78, 5) is 27.9. The lowest BCUT2D eigenvalue weighted by atomic mass is 9.83. The topological polar surface area (TPSA) is 70.7 Å². The Morgan fingerprint density at radius 1 is 1.11 bits per heavy atom. The van der Waals surface area contributed by atoms with Crippen LogP contribution in [-0.4, -0.2) is 48.1 Å². The Morgan fingerprint density at radius 2 is 1.75 bits per heavy atom. The van der Waals surface area contributed by atoms with Gasteiger partial charge < -0.3 is 20.3 Å². The second-order valence-corrected chi connectivity index (χ2v) is 8.18. The highest BCUT2D eigenvalue weighted by atomic mass is 16.5. The van der Waals surface area contributed by atoms with E-state index in [0.29, 0.717) is 0 Å². The lowest BCUT2D eigenvalue weighted by molar-refractivity contribution is -0.140. The molecule has 2 N–H and O–H groups in total. The summed E-state index contributed by atoms with van der Waals surface area (Å²) in [5.41, 5.74) is 0.933. The van der Waals surface area contributed by atoms with Crippen LogP contribution in [-0.2, 0) is 16.1 Å². The van der Waals surface area contributed by atoms with Crippen LogP contribution in [0.5, 0.6) is 0 Å². The number of alkyl carbamates (subject to hydrolysis) is 1. The van der Waals surface area contributed by atoms with E-state index in [2.05, 4.69) is 24.5 Å². The number of rotatable bonds is 5. The van der Waals surface area contributed by atoms with E-state index >= 15 is 0 Å². The van der Waals surface area contributed by atoms with E-state index in [1.165, 1.54) is 6.42 Å². The van der Waals surface area contributed by atoms with Crippen molar-refractivity contribution in [2.75, 3.05) is 13.1 Å². The van der Waals surface area contributed by atoms with Crippen molar-refractivity contribution in [2.45, 2.75) is 70.7 Å². The number of nitrogens with zero attached hydrogens (tertiary/aromatic N) is 1. The number of nitrogens with one attached hydrogen (secondary N) is 2. The number of benzene rings is 1. The van der Waals surface area contributed by atoms with Gasteiger partial charge in [-0.3, -0.25) is 4.79 Å². The molecule has 3 rings (SSSR count). The summed E-state index contributed by atoms with van der Waals surface area (Å²) in [6, 6.07) is 9.32. The second kappa shape index (κ2) is 9.92. The first-order valence-corrected chi connectivity index (χ1v) is 10.6. The molecule has 1 heterocycles. The average molecular weight is 388 g/mol. The minimum absolute atomic E-state index is 0.0325. The summed E-state index contributed by atoms with van der Waals surface area (Å²) in [7, 11) is 0. The van der Waals surface area contributed by atoms with Crippen molar-refractivity contribution in [2.24, 2.45) is 5.92 Å². The lowest BCUT2D eigenvalue weighted by Gasteiger charge is -2.43. The summed E-state index contributed by atoms with van der Waals surface area (Å²) in [5.74, 6) is 0.213. The first-order valence-electron chi connectivity index (χ1n) is 10.6.